The van der Waals surface area contributed by atoms with Gasteiger partial charge >= 0.3 is 0 Å². The quantitative estimate of drug-likeness (QED) is 0.805. The Balaban J connectivity index is 2.17. The highest BCUT2D eigenvalue weighted by atomic mass is 32.2. The third-order valence-electron chi connectivity index (χ3n) is 3.28. The minimum absolute atomic E-state index is 0.0185. The Kier molecular flexibility index (Phi) is 3.91. The summed E-state index contributed by atoms with van der Waals surface area (Å²) in [6.07, 6.45) is 0.468. The van der Waals surface area contributed by atoms with E-state index in [1.54, 1.807) is 14.1 Å². The van der Waals surface area contributed by atoms with Crippen molar-refractivity contribution in [2.24, 2.45) is 0 Å². The zero-order chi connectivity index (χ0) is 15.8. The number of amides is 2. The van der Waals surface area contributed by atoms with Crippen molar-refractivity contribution in [3.63, 3.8) is 0 Å². The first-order valence-corrected chi connectivity index (χ1v) is 7.86. The molecule has 0 aromatic heterocycles. The van der Waals surface area contributed by atoms with Gasteiger partial charge in [-0.25, -0.2) is 12.7 Å². The lowest BCUT2D eigenvalue weighted by atomic mass is 10.2. The number of benzene rings is 1. The Hall–Kier alpha value is -2.09. The van der Waals surface area contributed by atoms with E-state index in [1.807, 2.05) is 0 Å². The molecule has 0 unspecified atom stereocenters. The molecule has 1 aliphatic rings. The van der Waals surface area contributed by atoms with Crippen molar-refractivity contribution in [2.45, 2.75) is 17.7 Å². The van der Waals surface area contributed by atoms with Crippen LogP contribution in [0.5, 0.6) is 0 Å². The van der Waals surface area contributed by atoms with Crippen molar-refractivity contribution in [3.8, 4) is 0 Å². The molecule has 2 amide bonds. The Morgan fingerprint density at radius 1 is 1.33 bits per heavy atom. The number of rotatable bonds is 4. The molecular formula is C13H17N3O4S. The zero-order valence-corrected chi connectivity index (χ0v) is 12.7. The average Bonchev–Trinajstić information content (AvgIpc) is 2.59. The van der Waals surface area contributed by atoms with Gasteiger partial charge in [0, 0.05) is 32.7 Å². The number of nitrogens with zero attached hydrogens (tertiary/aromatic N) is 2. The monoisotopic (exact) mass is 311 g/mol. The summed E-state index contributed by atoms with van der Waals surface area (Å²) in [4.78, 5) is 25.0. The lowest BCUT2D eigenvalue weighted by Gasteiger charge is -2.15. The third kappa shape index (κ3) is 2.71. The van der Waals surface area contributed by atoms with Gasteiger partial charge in [-0.1, -0.05) is 0 Å². The largest absolute Gasteiger partial charge is 0.399 e. The summed E-state index contributed by atoms with van der Waals surface area (Å²) in [5.41, 5.74) is 5.99. The zero-order valence-electron chi connectivity index (χ0n) is 11.9. The predicted molar refractivity (Wildman–Crippen MR) is 77.0 cm³/mol. The molecule has 0 aliphatic carbocycles. The van der Waals surface area contributed by atoms with E-state index in [0.29, 0.717) is 0 Å². The highest BCUT2D eigenvalue weighted by molar-refractivity contribution is 7.90. The fourth-order valence-electron chi connectivity index (χ4n) is 2.11. The molecule has 0 saturated heterocycles. The number of carbonyl (C=O) groups excluding carboxylic acids is 2. The molecule has 2 rings (SSSR count). The second-order valence-corrected chi connectivity index (χ2v) is 6.86. The van der Waals surface area contributed by atoms with Gasteiger partial charge in [-0.2, -0.15) is 0 Å². The molecule has 0 saturated carbocycles. The van der Waals surface area contributed by atoms with Gasteiger partial charge in [-0.15, -0.1) is 0 Å². The van der Waals surface area contributed by atoms with Gasteiger partial charge in [0.2, 0.25) is 5.91 Å². The SMILES string of the molecule is CN(C)C(=O)CCCN1C(=O)c2ccc(N)cc2S1(=O)=O. The molecule has 0 fully saturated rings. The van der Waals surface area contributed by atoms with Gasteiger partial charge in [0.05, 0.1) is 5.56 Å². The van der Waals surface area contributed by atoms with E-state index in [1.165, 1.54) is 23.1 Å². The number of hydrogen-bond donors (Lipinski definition) is 1. The van der Waals surface area contributed by atoms with E-state index in [-0.39, 0.29) is 41.4 Å². The van der Waals surface area contributed by atoms with Crippen molar-refractivity contribution < 1.29 is 18.0 Å². The Labute approximate surface area is 123 Å². The molecule has 0 atom stereocenters. The molecule has 1 aliphatic heterocycles. The van der Waals surface area contributed by atoms with Gasteiger partial charge in [0.15, 0.2) is 0 Å². The maximum atomic E-state index is 12.3. The molecule has 1 aromatic carbocycles. The van der Waals surface area contributed by atoms with Gasteiger partial charge in [-0.05, 0) is 24.6 Å². The lowest BCUT2D eigenvalue weighted by molar-refractivity contribution is -0.128. The number of nitrogen functional groups attached to an aromatic ring is 1. The fraction of sp³-hybridized carbons (Fsp3) is 0.385. The van der Waals surface area contributed by atoms with Crippen LogP contribution in [0.1, 0.15) is 23.2 Å². The van der Waals surface area contributed by atoms with Crippen molar-refractivity contribution in [1.82, 2.24) is 9.21 Å². The van der Waals surface area contributed by atoms with Crippen molar-refractivity contribution >= 4 is 27.5 Å². The molecular weight excluding hydrogens is 294 g/mol. The highest BCUT2D eigenvalue weighted by Crippen LogP contribution is 2.31. The molecule has 8 heteroatoms. The van der Waals surface area contributed by atoms with E-state index < -0.39 is 15.9 Å². The van der Waals surface area contributed by atoms with E-state index in [0.717, 1.165) is 4.31 Å². The Morgan fingerprint density at radius 3 is 2.62 bits per heavy atom. The van der Waals surface area contributed by atoms with E-state index >= 15 is 0 Å². The summed E-state index contributed by atoms with van der Waals surface area (Å²) in [7, 11) is -0.610. The number of fused-ring (bicyclic) bond motifs is 1. The fourth-order valence-corrected chi connectivity index (χ4v) is 3.75. The molecule has 21 heavy (non-hydrogen) atoms. The van der Waals surface area contributed by atoms with Crippen LogP contribution in [0.2, 0.25) is 0 Å². The average molecular weight is 311 g/mol. The van der Waals surface area contributed by atoms with Crippen LogP contribution in [0.15, 0.2) is 23.1 Å². The minimum atomic E-state index is -3.86. The van der Waals surface area contributed by atoms with Crippen LogP contribution in [0.3, 0.4) is 0 Å². The lowest BCUT2D eigenvalue weighted by Crippen LogP contribution is -2.32. The molecule has 114 valence electrons. The van der Waals surface area contributed by atoms with Crippen LogP contribution in [0.25, 0.3) is 0 Å². The predicted octanol–water partition coefficient (Wildman–Crippen LogP) is 0.282. The van der Waals surface area contributed by atoms with Crippen molar-refractivity contribution in [2.75, 3.05) is 26.4 Å². The normalized spacial score (nSPS) is 15.9. The molecule has 0 spiro atoms. The molecule has 0 bridgehead atoms. The summed E-state index contributed by atoms with van der Waals surface area (Å²) in [5, 5.41) is 0. The second-order valence-electron chi connectivity index (χ2n) is 5.03. The van der Waals surface area contributed by atoms with Crippen LogP contribution in [0, 0.1) is 0 Å². The van der Waals surface area contributed by atoms with Crippen LogP contribution in [-0.4, -0.2) is 50.1 Å². The van der Waals surface area contributed by atoms with Crippen molar-refractivity contribution in [1.29, 1.82) is 0 Å². The van der Waals surface area contributed by atoms with Gasteiger partial charge in [0.1, 0.15) is 4.90 Å². The number of hydrogen-bond acceptors (Lipinski definition) is 5. The second kappa shape index (κ2) is 5.36. The number of carbonyl (C=O) groups is 2. The van der Waals surface area contributed by atoms with Gasteiger partial charge < -0.3 is 10.6 Å². The highest BCUT2D eigenvalue weighted by Gasteiger charge is 2.40. The summed E-state index contributed by atoms with van der Waals surface area (Å²) in [6, 6.07) is 4.19. The van der Waals surface area contributed by atoms with Crippen LogP contribution >= 0.6 is 0 Å². The van der Waals surface area contributed by atoms with Gasteiger partial charge in [-0.3, -0.25) is 9.59 Å². The summed E-state index contributed by atoms with van der Waals surface area (Å²) < 4.78 is 25.4. The Bertz CT molecular complexity index is 697. The standard InChI is InChI=1S/C13H17N3O4S/c1-15(2)12(17)4-3-7-16-13(18)10-6-5-9(14)8-11(10)21(16,19)20/h5-6,8H,3-4,7,14H2,1-2H3. The molecule has 1 aromatic rings. The molecule has 0 radical (unpaired) electrons. The Morgan fingerprint density at radius 2 is 2.00 bits per heavy atom. The summed E-state index contributed by atoms with van der Waals surface area (Å²) in [5.74, 6) is -0.678. The van der Waals surface area contributed by atoms with Crippen LogP contribution in [0.4, 0.5) is 5.69 Å². The maximum Gasteiger partial charge on any atom is 0.269 e. The van der Waals surface area contributed by atoms with Gasteiger partial charge in [0.25, 0.3) is 15.9 Å². The molecule has 2 N–H and O–H groups in total. The maximum absolute atomic E-state index is 12.3. The molecule has 1 heterocycles. The first-order valence-electron chi connectivity index (χ1n) is 6.42. The topological polar surface area (TPSA) is 101 Å². The van der Waals surface area contributed by atoms with Crippen LogP contribution < -0.4 is 5.73 Å². The molecule has 7 nitrogen and oxygen atoms in total. The van der Waals surface area contributed by atoms with Crippen LogP contribution in [-0.2, 0) is 14.8 Å². The van der Waals surface area contributed by atoms with E-state index in [9.17, 15) is 18.0 Å². The first-order chi connectivity index (χ1) is 9.75. The number of nitrogens with two attached hydrogens (primary N) is 1. The smallest absolute Gasteiger partial charge is 0.269 e. The van der Waals surface area contributed by atoms with E-state index in [4.69, 9.17) is 5.73 Å². The summed E-state index contributed by atoms with van der Waals surface area (Å²) in [6.45, 7) is -0.0185. The first kappa shape index (κ1) is 15.3. The minimum Gasteiger partial charge on any atom is -0.399 e. The number of anilines is 1. The summed E-state index contributed by atoms with van der Waals surface area (Å²) >= 11 is 0. The number of sulfonamides is 1. The third-order valence-corrected chi connectivity index (χ3v) is 5.10. The van der Waals surface area contributed by atoms with Crippen molar-refractivity contribution in [3.05, 3.63) is 23.8 Å². The van der Waals surface area contributed by atoms with E-state index in [2.05, 4.69) is 0 Å².